The highest BCUT2D eigenvalue weighted by molar-refractivity contribution is 5.74. The molecule has 0 aromatic carbocycles. The molecule has 4 nitrogen and oxygen atoms in total. The van der Waals surface area contributed by atoms with E-state index in [1.54, 1.807) is 6.92 Å². The third-order valence-electron chi connectivity index (χ3n) is 1.80. The van der Waals surface area contributed by atoms with E-state index >= 15 is 0 Å². The lowest BCUT2D eigenvalue weighted by atomic mass is 10.1. The fourth-order valence-corrected chi connectivity index (χ4v) is 1.16. The third kappa shape index (κ3) is 2.46. The highest BCUT2D eigenvalue weighted by Crippen LogP contribution is 2.14. The molecule has 2 unspecified atom stereocenters. The maximum Gasteiger partial charge on any atom is 0.335 e. The molecule has 0 aromatic heterocycles. The summed E-state index contributed by atoms with van der Waals surface area (Å²) in [6.07, 6.45) is 0.285. The van der Waals surface area contributed by atoms with Gasteiger partial charge in [0.1, 0.15) is 0 Å². The van der Waals surface area contributed by atoms with Crippen LogP contribution >= 0.6 is 0 Å². The maximum absolute atomic E-state index is 11.1. The second-order valence-corrected chi connectivity index (χ2v) is 2.81. The smallest absolute Gasteiger partial charge is 0.335 e. The first-order chi connectivity index (χ1) is 5.74. The van der Waals surface area contributed by atoms with Crippen LogP contribution in [0.1, 0.15) is 19.8 Å². The van der Waals surface area contributed by atoms with Crippen molar-refractivity contribution in [2.45, 2.75) is 32.0 Å². The molecule has 1 aliphatic heterocycles. The average molecular weight is 174 g/mol. The highest BCUT2D eigenvalue weighted by Gasteiger charge is 2.26. The lowest BCUT2D eigenvalue weighted by molar-refractivity contribution is -0.163. The number of ether oxygens (including phenoxy) is 2. The number of rotatable bonds is 2. The molecular weight excluding hydrogens is 160 g/mol. The van der Waals surface area contributed by atoms with Gasteiger partial charge in [0.25, 0.3) is 0 Å². The van der Waals surface area contributed by atoms with Crippen LogP contribution in [0, 0.1) is 0 Å². The molecule has 0 saturated carbocycles. The molecule has 0 aliphatic carbocycles. The highest BCUT2D eigenvalue weighted by atomic mass is 16.6. The van der Waals surface area contributed by atoms with Gasteiger partial charge in [-0.3, -0.25) is 0 Å². The SMILES string of the molecule is CCOC(=O)C1CCC(O)CO1. The minimum Gasteiger partial charge on any atom is -0.464 e. The number of aliphatic hydroxyl groups is 1. The maximum atomic E-state index is 11.1. The van der Waals surface area contributed by atoms with E-state index in [1.807, 2.05) is 0 Å². The van der Waals surface area contributed by atoms with Crippen molar-refractivity contribution in [1.29, 1.82) is 0 Å². The van der Waals surface area contributed by atoms with Gasteiger partial charge in [0.15, 0.2) is 6.10 Å². The second-order valence-electron chi connectivity index (χ2n) is 2.81. The quantitative estimate of drug-likeness (QED) is 0.603. The van der Waals surface area contributed by atoms with Crippen molar-refractivity contribution in [3.63, 3.8) is 0 Å². The van der Waals surface area contributed by atoms with E-state index in [0.717, 1.165) is 0 Å². The molecule has 12 heavy (non-hydrogen) atoms. The number of carbonyl (C=O) groups excluding carboxylic acids is 1. The van der Waals surface area contributed by atoms with Crippen molar-refractivity contribution in [2.75, 3.05) is 13.2 Å². The molecule has 2 atom stereocenters. The van der Waals surface area contributed by atoms with Crippen molar-refractivity contribution in [3.8, 4) is 0 Å². The van der Waals surface area contributed by atoms with E-state index in [9.17, 15) is 4.79 Å². The van der Waals surface area contributed by atoms with Crippen LogP contribution in [-0.2, 0) is 14.3 Å². The first kappa shape index (κ1) is 9.48. The average Bonchev–Trinajstić information content (AvgIpc) is 2.06. The van der Waals surface area contributed by atoms with Crippen molar-refractivity contribution >= 4 is 5.97 Å². The molecule has 70 valence electrons. The van der Waals surface area contributed by atoms with Crippen LogP contribution in [0.5, 0.6) is 0 Å². The van der Waals surface area contributed by atoms with Crippen molar-refractivity contribution in [2.24, 2.45) is 0 Å². The lowest BCUT2D eigenvalue weighted by Crippen LogP contribution is -2.35. The number of hydrogen-bond acceptors (Lipinski definition) is 4. The fourth-order valence-electron chi connectivity index (χ4n) is 1.16. The Morgan fingerprint density at radius 3 is 2.92 bits per heavy atom. The van der Waals surface area contributed by atoms with E-state index in [1.165, 1.54) is 0 Å². The van der Waals surface area contributed by atoms with Gasteiger partial charge in [-0.05, 0) is 19.8 Å². The summed E-state index contributed by atoms with van der Waals surface area (Å²) in [7, 11) is 0. The predicted molar refractivity (Wildman–Crippen MR) is 41.6 cm³/mol. The number of carbonyl (C=O) groups is 1. The minimum absolute atomic E-state index is 0.240. The Kier molecular flexibility index (Phi) is 3.49. The third-order valence-corrected chi connectivity index (χ3v) is 1.80. The lowest BCUT2D eigenvalue weighted by Gasteiger charge is -2.24. The van der Waals surface area contributed by atoms with Gasteiger partial charge < -0.3 is 14.6 Å². The van der Waals surface area contributed by atoms with Crippen LogP contribution in [0.2, 0.25) is 0 Å². The normalized spacial score (nSPS) is 29.8. The van der Waals surface area contributed by atoms with E-state index in [-0.39, 0.29) is 12.6 Å². The zero-order valence-electron chi connectivity index (χ0n) is 7.16. The molecule has 0 bridgehead atoms. The van der Waals surface area contributed by atoms with Crippen LogP contribution < -0.4 is 0 Å². The summed E-state index contributed by atoms with van der Waals surface area (Å²) in [6, 6.07) is 0. The molecule has 0 amide bonds. The zero-order chi connectivity index (χ0) is 8.97. The molecule has 1 rings (SSSR count). The summed E-state index contributed by atoms with van der Waals surface area (Å²) in [5.41, 5.74) is 0. The molecule has 1 N–H and O–H groups in total. The molecule has 1 aliphatic rings. The topological polar surface area (TPSA) is 55.8 Å². The van der Waals surface area contributed by atoms with Gasteiger partial charge in [-0.1, -0.05) is 0 Å². The first-order valence-corrected chi connectivity index (χ1v) is 4.20. The van der Waals surface area contributed by atoms with E-state index in [0.29, 0.717) is 19.4 Å². The summed E-state index contributed by atoms with van der Waals surface area (Å²) in [5.74, 6) is -0.315. The van der Waals surface area contributed by atoms with Gasteiger partial charge in [-0.25, -0.2) is 4.79 Å². The molecule has 0 spiro atoms. The monoisotopic (exact) mass is 174 g/mol. The van der Waals surface area contributed by atoms with Gasteiger partial charge >= 0.3 is 5.97 Å². The number of aliphatic hydroxyl groups excluding tert-OH is 1. The second kappa shape index (κ2) is 4.42. The van der Waals surface area contributed by atoms with Crippen molar-refractivity contribution in [1.82, 2.24) is 0 Å². The Balaban J connectivity index is 2.29. The van der Waals surface area contributed by atoms with E-state index in [4.69, 9.17) is 14.6 Å². The molecule has 0 radical (unpaired) electrons. The van der Waals surface area contributed by atoms with Gasteiger partial charge in [0.2, 0.25) is 0 Å². The summed E-state index contributed by atoms with van der Waals surface area (Å²) < 4.78 is 9.85. The Morgan fingerprint density at radius 1 is 1.67 bits per heavy atom. The first-order valence-electron chi connectivity index (χ1n) is 4.20. The van der Waals surface area contributed by atoms with Crippen LogP contribution in [0.3, 0.4) is 0 Å². The minimum atomic E-state index is -0.464. The summed E-state index contributed by atoms with van der Waals surface area (Å²) in [4.78, 5) is 11.1. The van der Waals surface area contributed by atoms with Crippen LogP contribution in [0.15, 0.2) is 0 Å². The van der Waals surface area contributed by atoms with E-state index < -0.39 is 12.2 Å². The Hall–Kier alpha value is -0.610. The van der Waals surface area contributed by atoms with Gasteiger partial charge in [-0.2, -0.15) is 0 Å². The van der Waals surface area contributed by atoms with Gasteiger partial charge in [-0.15, -0.1) is 0 Å². The zero-order valence-corrected chi connectivity index (χ0v) is 7.16. The van der Waals surface area contributed by atoms with Gasteiger partial charge in [0.05, 0.1) is 19.3 Å². The molecule has 1 heterocycles. The predicted octanol–water partition coefficient (Wildman–Crippen LogP) is 0.0894. The molecule has 1 fully saturated rings. The molecule has 0 aromatic rings. The largest absolute Gasteiger partial charge is 0.464 e. The summed E-state index contributed by atoms with van der Waals surface area (Å²) >= 11 is 0. The van der Waals surface area contributed by atoms with Crippen molar-refractivity contribution in [3.05, 3.63) is 0 Å². The summed E-state index contributed by atoms with van der Waals surface area (Å²) in [6.45, 7) is 2.38. The Labute approximate surface area is 71.5 Å². The van der Waals surface area contributed by atoms with Crippen LogP contribution in [0.4, 0.5) is 0 Å². The van der Waals surface area contributed by atoms with E-state index in [2.05, 4.69) is 0 Å². The van der Waals surface area contributed by atoms with Gasteiger partial charge in [0, 0.05) is 0 Å². The molecular formula is C8H14O4. The van der Waals surface area contributed by atoms with Crippen LogP contribution in [0.25, 0.3) is 0 Å². The number of hydrogen-bond donors (Lipinski definition) is 1. The standard InChI is InChI=1S/C8H14O4/c1-2-11-8(10)7-4-3-6(9)5-12-7/h6-7,9H,2-5H2,1H3. The summed E-state index contributed by atoms with van der Waals surface area (Å²) in [5, 5.41) is 9.06. The van der Waals surface area contributed by atoms with Crippen molar-refractivity contribution < 1.29 is 19.4 Å². The van der Waals surface area contributed by atoms with Crippen LogP contribution in [-0.4, -0.2) is 36.5 Å². The molecule has 1 saturated heterocycles. The fraction of sp³-hybridized carbons (Fsp3) is 0.875. The Morgan fingerprint density at radius 2 is 2.42 bits per heavy atom. The Bertz CT molecular complexity index is 149. The molecule has 4 heteroatoms. The number of esters is 1.